The van der Waals surface area contributed by atoms with Crippen LogP contribution in [0.2, 0.25) is 0 Å². The van der Waals surface area contributed by atoms with Gasteiger partial charge < -0.3 is 24.0 Å². The molecule has 1 atom stereocenters. The fourth-order valence-corrected chi connectivity index (χ4v) is 6.13. The van der Waals surface area contributed by atoms with E-state index in [-0.39, 0.29) is 18.4 Å². The standard InChI is InChI=1S/C35H37N3O5S/c1-23(2)43-34(40)32-24(3)36-35-38(28(22-44-35)19-31(39)37(4)20-25-12-8-6-9-13-25)33(32)27-16-17-29(30(18-27)41-5)42-21-26-14-10-7-11-15-26/h6-18,22-23,33H,19-21H2,1-5H3. The van der Waals surface area contributed by atoms with Gasteiger partial charge in [-0.25, -0.2) is 9.79 Å². The van der Waals surface area contributed by atoms with Gasteiger partial charge >= 0.3 is 5.97 Å². The summed E-state index contributed by atoms with van der Waals surface area (Å²) in [5.74, 6) is 0.631. The Labute approximate surface area is 263 Å². The Morgan fingerprint density at radius 3 is 2.32 bits per heavy atom. The average Bonchev–Trinajstić information content (AvgIpc) is 3.41. The lowest BCUT2D eigenvalue weighted by atomic mass is 9.93. The highest BCUT2D eigenvalue weighted by molar-refractivity contribution is 8.16. The van der Waals surface area contributed by atoms with Gasteiger partial charge in [-0.15, -0.1) is 0 Å². The van der Waals surface area contributed by atoms with Gasteiger partial charge in [-0.05, 0) is 55.0 Å². The van der Waals surface area contributed by atoms with Crippen LogP contribution in [0.4, 0.5) is 0 Å². The van der Waals surface area contributed by atoms with E-state index < -0.39 is 12.0 Å². The van der Waals surface area contributed by atoms with Crippen molar-refractivity contribution >= 4 is 28.8 Å². The number of carbonyl (C=O) groups excluding carboxylic acids is 2. The molecule has 1 unspecified atom stereocenters. The first-order valence-electron chi connectivity index (χ1n) is 14.5. The number of hydrogen-bond donors (Lipinski definition) is 0. The summed E-state index contributed by atoms with van der Waals surface area (Å²) in [4.78, 5) is 35.5. The number of thioether (sulfide) groups is 1. The summed E-state index contributed by atoms with van der Waals surface area (Å²) in [5, 5.41) is 2.64. The number of allylic oxidation sites excluding steroid dienone is 1. The molecule has 2 aliphatic heterocycles. The molecule has 2 aliphatic rings. The number of methoxy groups -OCH3 is 1. The molecular formula is C35H37N3O5S. The molecule has 0 spiro atoms. The molecule has 0 aliphatic carbocycles. The molecule has 44 heavy (non-hydrogen) atoms. The second kappa shape index (κ2) is 13.9. The Balaban J connectivity index is 1.46. The lowest BCUT2D eigenvalue weighted by Gasteiger charge is -2.37. The molecular weight excluding hydrogens is 574 g/mol. The highest BCUT2D eigenvalue weighted by Gasteiger charge is 2.42. The van der Waals surface area contributed by atoms with Crippen LogP contribution < -0.4 is 9.47 Å². The summed E-state index contributed by atoms with van der Waals surface area (Å²) in [6, 6.07) is 24.9. The summed E-state index contributed by atoms with van der Waals surface area (Å²) < 4.78 is 17.6. The normalized spacial score (nSPS) is 15.9. The number of hydrogen-bond acceptors (Lipinski definition) is 8. The molecule has 0 bridgehead atoms. The van der Waals surface area contributed by atoms with E-state index in [0.29, 0.717) is 41.1 Å². The van der Waals surface area contributed by atoms with E-state index in [1.54, 1.807) is 19.1 Å². The van der Waals surface area contributed by atoms with Crippen LogP contribution in [0.15, 0.2) is 106 Å². The van der Waals surface area contributed by atoms with Crippen LogP contribution in [0.5, 0.6) is 11.5 Å². The molecule has 3 aromatic carbocycles. The van der Waals surface area contributed by atoms with Crippen LogP contribution >= 0.6 is 11.8 Å². The molecule has 0 aromatic heterocycles. The quantitative estimate of drug-likeness (QED) is 0.220. The Morgan fingerprint density at radius 2 is 1.66 bits per heavy atom. The van der Waals surface area contributed by atoms with E-state index in [9.17, 15) is 9.59 Å². The second-order valence-electron chi connectivity index (χ2n) is 10.9. The van der Waals surface area contributed by atoms with E-state index in [1.165, 1.54) is 11.8 Å². The summed E-state index contributed by atoms with van der Waals surface area (Å²) in [6.07, 6.45) is -0.166. The van der Waals surface area contributed by atoms with Crippen molar-refractivity contribution in [3.05, 3.63) is 118 Å². The Hall–Kier alpha value is -4.50. The summed E-state index contributed by atoms with van der Waals surface area (Å²) in [6.45, 7) is 6.34. The molecule has 0 saturated carbocycles. The highest BCUT2D eigenvalue weighted by Crippen LogP contribution is 2.46. The predicted molar refractivity (Wildman–Crippen MR) is 173 cm³/mol. The number of fused-ring (bicyclic) bond motifs is 1. The van der Waals surface area contributed by atoms with Crippen LogP contribution in [-0.2, 0) is 27.5 Å². The minimum atomic E-state index is -0.584. The lowest BCUT2D eigenvalue weighted by molar-refractivity contribution is -0.143. The minimum Gasteiger partial charge on any atom is -0.493 e. The van der Waals surface area contributed by atoms with E-state index in [0.717, 1.165) is 22.4 Å². The number of esters is 1. The SMILES string of the molecule is COc1cc(C2C(C(=O)OC(C)C)=C(C)N=C3SC=C(CC(=O)N(C)Cc4ccccc4)N32)ccc1OCc1ccccc1. The molecule has 1 amide bonds. The zero-order valence-electron chi connectivity index (χ0n) is 25.7. The van der Waals surface area contributed by atoms with Crippen molar-refractivity contribution in [1.82, 2.24) is 9.80 Å². The third kappa shape index (κ3) is 7.00. The molecule has 0 fully saturated rings. The number of nitrogens with zero attached hydrogens (tertiary/aromatic N) is 3. The topological polar surface area (TPSA) is 80.7 Å². The Morgan fingerprint density at radius 1 is 0.977 bits per heavy atom. The first kappa shape index (κ1) is 30.9. The van der Waals surface area contributed by atoms with Gasteiger partial charge in [-0.1, -0.05) is 78.5 Å². The summed E-state index contributed by atoms with van der Waals surface area (Å²) >= 11 is 1.44. The Kier molecular flexibility index (Phi) is 9.75. The number of carbonyl (C=O) groups is 2. The molecule has 9 heteroatoms. The van der Waals surface area contributed by atoms with Crippen LogP contribution in [0.25, 0.3) is 0 Å². The van der Waals surface area contributed by atoms with Gasteiger partial charge in [0.2, 0.25) is 5.91 Å². The van der Waals surface area contributed by atoms with Crippen molar-refractivity contribution in [2.24, 2.45) is 4.99 Å². The first-order chi connectivity index (χ1) is 21.2. The maximum absolute atomic E-state index is 13.6. The van der Waals surface area contributed by atoms with Gasteiger partial charge in [0.05, 0.1) is 36.9 Å². The number of benzene rings is 3. The van der Waals surface area contributed by atoms with E-state index in [2.05, 4.69) is 0 Å². The summed E-state index contributed by atoms with van der Waals surface area (Å²) in [5.41, 5.74) is 4.63. The highest BCUT2D eigenvalue weighted by atomic mass is 32.2. The number of ether oxygens (including phenoxy) is 3. The first-order valence-corrected chi connectivity index (χ1v) is 15.4. The van der Waals surface area contributed by atoms with Crippen molar-refractivity contribution in [3.63, 3.8) is 0 Å². The predicted octanol–water partition coefficient (Wildman–Crippen LogP) is 6.85. The van der Waals surface area contributed by atoms with Crippen LogP contribution in [-0.4, -0.2) is 47.1 Å². The number of rotatable bonds is 11. The maximum Gasteiger partial charge on any atom is 0.338 e. The largest absolute Gasteiger partial charge is 0.493 e. The third-order valence-electron chi connectivity index (χ3n) is 7.32. The smallest absolute Gasteiger partial charge is 0.338 e. The second-order valence-corrected chi connectivity index (χ2v) is 11.8. The molecule has 8 nitrogen and oxygen atoms in total. The monoisotopic (exact) mass is 611 g/mol. The average molecular weight is 612 g/mol. The van der Waals surface area contributed by atoms with Crippen molar-refractivity contribution < 1.29 is 23.8 Å². The van der Waals surface area contributed by atoms with Crippen LogP contribution in [0.3, 0.4) is 0 Å². The Bertz CT molecular complexity index is 1600. The van der Waals surface area contributed by atoms with Crippen molar-refractivity contribution in [1.29, 1.82) is 0 Å². The molecule has 228 valence electrons. The minimum absolute atomic E-state index is 0.0412. The maximum atomic E-state index is 13.6. The fraction of sp³-hybridized carbons (Fsp3) is 0.286. The van der Waals surface area contributed by atoms with Crippen molar-refractivity contribution in [2.45, 2.75) is 52.5 Å². The van der Waals surface area contributed by atoms with Gasteiger partial charge in [-0.3, -0.25) is 4.79 Å². The van der Waals surface area contributed by atoms with Crippen LogP contribution in [0.1, 0.15) is 49.9 Å². The van der Waals surface area contributed by atoms with Crippen molar-refractivity contribution in [3.8, 4) is 11.5 Å². The molecule has 3 aromatic rings. The molecule has 0 radical (unpaired) electrons. The number of amides is 1. The molecule has 5 rings (SSSR count). The third-order valence-corrected chi connectivity index (χ3v) is 8.21. The fourth-order valence-electron chi connectivity index (χ4n) is 5.17. The van der Waals surface area contributed by atoms with E-state index in [4.69, 9.17) is 19.2 Å². The van der Waals surface area contributed by atoms with Gasteiger partial charge in [0.1, 0.15) is 6.61 Å². The number of amidine groups is 1. The zero-order chi connectivity index (χ0) is 31.2. The summed E-state index contributed by atoms with van der Waals surface area (Å²) in [7, 11) is 3.39. The molecule has 0 N–H and O–H groups in total. The zero-order valence-corrected chi connectivity index (χ0v) is 26.5. The lowest BCUT2D eigenvalue weighted by Crippen LogP contribution is -2.38. The van der Waals surface area contributed by atoms with Crippen LogP contribution in [0, 0.1) is 0 Å². The van der Waals surface area contributed by atoms with Gasteiger partial charge in [0.25, 0.3) is 0 Å². The van der Waals surface area contributed by atoms with E-state index >= 15 is 0 Å². The molecule has 2 heterocycles. The van der Waals surface area contributed by atoms with Gasteiger partial charge in [-0.2, -0.15) is 0 Å². The van der Waals surface area contributed by atoms with E-state index in [1.807, 2.05) is 110 Å². The molecule has 0 saturated heterocycles. The van der Waals surface area contributed by atoms with Crippen molar-refractivity contribution in [2.75, 3.05) is 14.2 Å². The van der Waals surface area contributed by atoms with Gasteiger partial charge in [0.15, 0.2) is 16.7 Å². The van der Waals surface area contributed by atoms with Gasteiger partial charge in [0, 0.05) is 19.3 Å². The number of aliphatic imine (C=N–C) groups is 1.